The zero-order valence-corrected chi connectivity index (χ0v) is 13.8. The molecule has 0 saturated carbocycles. The van der Waals surface area contributed by atoms with Gasteiger partial charge in [-0.05, 0) is 35.4 Å². The molecule has 2 aromatic carbocycles. The fourth-order valence-electron chi connectivity index (χ4n) is 2.51. The lowest BCUT2D eigenvalue weighted by molar-refractivity contribution is 0.0940. The number of amides is 1. The van der Waals surface area contributed by atoms with Crippen LogP contribution in [0.5, 0.6) is 0 Å². The summed E-state index contributed by atoms with van der Waals surface area (Å²) < 4.78 is 26.5. The Morgan fingerprint density at radius 1 is 1.00 bits per heavy atom. The number of aromatic nitrogens is 2. The van der Waals surface area contributed by atoms with Crippen LogP contribution in [0.25, 0.3) is 0 Å². The number of benzene rings is 2. The van der Waals surface area contributed by atoms with Crippen molar-refractivity contribution in [2.75, 3.05) is 0 Å². The Morgan fingerprint density at radius 3 is 1.96 bits per heavy atom. The first-order chi connectivity index (χ1) is 13.0. The van der Waals surface area contributed by atoms with Crippen molar-refractivity contribution in [3.8, 4) is 0 Å². The van der Waals surface area contributed by atoms with Gasteiger partial charge in [0.05, 0.1) is 6.04 Å². The average molecular weight is 369 g/mol. The Balaban J connectivity index is 1.97. The van der Waals surface area contributed by atoms with Crippen molar-refractivity contribution in [1.29, 1.82) is 0 Å². The lowest BCUT2D eigenvalue weighted by Gasteiger charge is -2.20. The molecule has 2 N–H and O–H groups in total. The molecular weight excluding hydrogens is 356 g/mol. The Hall–Kier alpha value is -3.68. The molecule has 8 heteroatoms. The fraction of sp³-hybridized carbons (Fsp3) is 0.0526. The Bertz CT molecular complexity index is 986. The molecule has 0 atom stereocenters. The van der Waals surface area contributed by atoms with Crippen molar-refractivity contribution in [2.45, 2.75) is 6.04 Å². The summed E-state index contributed by atoms with van der Waals surface area (Å²) in [7, 11) is 0. The van der Waals surface area contributed by atoms with E-state index in [-0.39, 0.29) is 11.4 Å². The van der Waals surface area contributed by atoms with Gasteiger partial charge < -0.3 is 10.3 Å². The predicted octanol–water partition coefficient (Wildman–Crippen LogP) is 2.38. The van der Waals surface area contributed by atoms with E-state index < -0.39 is 29.1 Å². The maximum Gasteiger partial charge on any atom is 0.264 e. The standard InChI is InChI=1S/C19H13F2N3O3/c20-13-5-1-11(2-6-13)17(12-3-7-14(21)8-4-12)24-19(27)15-9-22-16(10-25)23-18(15)26/h1-10,17H,(H,24,27)(H,22,23,26). The normalized spacial score (nSPS) is 10.6. The number of halogens is 2. The highest BCUT2D eigenvalue weighted by molar-refractivity contribution is 5.94. The predicted molar refractivity (Wildman–Crippen MR) is 92.4 cm³/mol. The third-order valence-corrected chi connectivity index (χ3v) is 3.86. The van der Waals surface area contributed by atoms with Crippen LogP contribution in [-0.4, -0.2) is 22.2 Å². The van der Waals surface area contributed by atoms with E-state index in [2.05, 4.69) is 15.3 Å². The molecule has 0 unspecified atom stereocenters. The number of hydrogen-bond acceptors (Lipinski definition) is 4. The highest BCUT2D eigenvalue weighted by atomic mass is 19.1. The van der Waals surface area contributed by atoms with Crippen molar-refractivity contribution in [1.82, 2.24) is 15.3 Å². The SMILES string of the molecule is O=Cc1ncc(C(=O)NC(c2ccc(F)cc2)c2ccc(F)cc2)c(=O)[nH]1. The maximum absolute atomic E-state index is 13.2. The molecule has 0 aliphatic rings. The number of nitrogens with zero attached hydrogens (tertiary/aromatic N) is 1. The first kappa shape index (κ1) is 18.1. The van der Waals surface area contributed by atoms with Crippen LogP contribution in [-0.2, 0) is 0 Å². The third kappa shape index (κ3) is 4.12. The van der Waals surface area contributed by atoms with Gasteiger partial charge in [0.1, 0.15) is 17.2 Å². The molecule has 0 bridgehead atoms. The molecule has 1 amide bonds. The molecular formula is C19H13F2N3O3. The molecule has 6 nitrogen and oxygen atoms in total. The molecule has 1 heterocycles. The molecule has 136 valence electrons. The zero-order valence-electron chi connectivity index (χ0n) is 13.8. The van der Waals surface area contributed by atoms with Crippen molar-refractivity contribution < 1.29 is 18.4 Å². The van der Waals surface area contributed by atoms with E-state index in [1.807, 2.05) is 0 Å². The Labute approximate surface area is 151 Å². The number of H-pyrrole nitrogens is 1. The van der Waals surface area contributed by atoms with E-state index in [1.165, 1.54) is 48.5 Å². The number of aldehydes is 1. The second-order valence-corrected chi connectivity index (χ2v) is 5.64. The van der Waals surface area contributed by atoms with Gasteiger partial charge in [0.25, 0.3) is 11.5 Å². The van der Waals surface area contributed by atoms with Crippen LogP contribution >= 0.6 is 0 Å². The first-order valence-corrected chi connectivity index (χ1v) is 7.84. The minimum Gasteiger partial charge on any atom is -0.341 e. The van der Waals surface area contributed by atoms with Crippen LogP contribution in [0.15, 0.2) is 59.5 Å². The second-order valence-electron chi connectivity index (χ2n) is 5.64. The van der Waals surface area contributed by atoms with Gasteiger partial charge in [0.2, 0.25) is 0 Å². The largest absolute Gasteiger partial charge is 0.341 e. The molecule has 0 saturated heterocycles. The zero-order chi connectivity index (χ0) is 19.4. The van der Waals surface area contributed by atoms with Crippen molar-refractivity contribution >= 4 is 12.2 Å². The van der Waals surface area contributed by atoms with E-state index in [9.17, 15) is 23.2 Å². The van der Waals surface area contributed by atoms with Gasteiger partial charge in [0.15, 0.2) is 12.1 Å². The van der Waals surface area contributed by atoms with E-state index in [4.69, 9.17) is 0 Å². The number of nitrogens with one attached hydrogen (secondary N) is 2. The summed E-state index contributed by atoms with van der Waals surface area (Å²) in [4.78, 5) is 41.0. The Kier molecular flexibility index (Phi) is 5.16. The summed E-state index contributed by atoms with van der Waals surface area (Å²) in [5, 5.41) is 2.65. The monoisotopic (exact) mass is 369 g/mol. The Morgan fingerprint density at radius 2 is 1.52 bits per heavy atom. The maximum atomic E-state index is 13.2. The quantitative estimate of drug-likeness (QED) is 0.676. The number of hydrogen-bond donors (Lipinski definition) is 2. The van der Waals surface area contributed by atoms with E-state index >= 15 is 0 Å². The van der Waals surface area contributed by atoms with Gasteiger partial charge in [-0.2, -0.15) is 0 Å². The van der Waals surface area contributed by atoms with Gasteiger partial charge in [-0.3, -0.25) is 14.4 Å². The van der Waals surface area contributed by atoms with Crippen LogP contribution in [0, 0.1) is 11.6 Å². The van der Waals surface area contributed by atoms with Gasteiger partial charge in [-0.1, -0.05) is 24.3 Å². The van der Waals surface area contributed by atoms with Crippen LogP contribution in [0.1, 0.15) is 38.1 Å². The van der Waals surface area contributed by atoms with Crippen molar-refractivity contribution in [3.05, 3.63) is 99.2 Å². The molecule has 0 spiro atoms. The van der Waals surface area contributed by atoms with Crippen molar-refractivity contribution in [3.63, 3.8) is 0 Å². The molecule has 0 radical (unpaired) electrons. The summed E-state index contributed by atoms with van der Waals surface area (Å²) >= 11 is 0. The lowest BCUT2D eigenvalue weighted by atomic mass is 9.98. The molecule has 0 fully saturated rings. The van der Waals surface area contributed by atoms with Crippen LogP contribution in [0.2, 0.25) is 0 Å². The molecule has 3 aromatic rings. The van der Waals surface area contributed by atoms with E-state index in [1.54, 1.807) is 0 Å². The first-order valence-electron chi connectivity index (χ1n) is 7.84. The summed E-state index contributed by atoms with van der Waals surface area (Å²) in [6, 6.07) is 10.0. The minimum atomic E-state index is -0.776. The third-order valence-electron chi connectivity index (χ3n) is 3.86. The summed E-state index contributed by atoms with van der Waals surface area (Å²) in [5.74, 6) is -1.86. The van der Waals surface area contributed by atoms with Crippen LogP contribution in [0.4, 0.5) is 8.78 Å². The van der Waals surface area contributed by atoms with Crippen LogP contribution < -0.4 is 10.9 Å². The number of carbonyl (C=O) groups excluding carboxylic acids is 2. The fourth-order valence-corrected chi connectivity index (χ4v) is 2.51. The van der Waals surface area contributed by atoms with Crippen LogP contribution in [0.3, 0.4) is 0 Å². The van der Waals surface area contributed by atoms with Crippen molar-refractivity contribution in [2.24, 2.45) is 0 Å². The highest BCUT2D eigenvalue weighted by Crippen LogP contribution is 2.23. The van der Waals surface area contributed by atoms with Gasteiger partial charge >= 0.3 is 0 Å². The molecule has 0 aliphatic heterocycles. The molecule has 3 rings (SSSR count). The van der Waals surface area contributed by atoms with E-state index in [0.29, 0.717) is 17.4 Å². The van der Waals surface area contributed by atoms with E-state index in [0.717, 1.165) is 6.20 Å². The van der Waals surface area contributed by atoms with Gasteiger partial charge in [-0.25, -0.2) is 13.8 Å². The summed E-state index contributed by atoms with van der Waals surface area (Å²) in [5.41, 5.74) is -0.00750. The number of carbonyl (C=O) groups is 2. The number of aromatic amines is 1. The van der Waals surface area contributed by atoms with Gasteiger partial charge in [-0.15, -0.1) is 0 Å². The molecule has 27 heavy (non-hydrogen) atoms. The molecule has 0 aliphatic carbocycles. The highest BCUT2D eigenvalue weighted by Gasteiger charge is 2.20. The molecule has 1 aromatic heterocycles. The van der Waals surface area contributed by atoms with Gasteiger partial charge in [0, 0.05) is 6.20 Å². The summed E-state index contributed by atoms with van der Waals surface area (Å²) in [6.45, 7) is 0. The summed E-state index contributed by atoms with van der Waals surface area (Å²) in [6.07, 6.45) is 1.34. The smallest absolute Gasteiger partial charge is 0.264 e. The minimum absolute atomic E-state index is 0.204. The second kappa shape index (κ2) is 7.69. The topological polar surface area (TPSA) is 91.9 Å². The average Bonchev–Trinajstić information content (AvgIpc) is 2.67. The number of rotatable bonds is 5. The lowest BCUT2D eigenvalue weighted by Crippen LogP contribution is -2.34.